The van der Waals surface area contributed by atoms with Gasteiger partial charge in [-0.3, -0.25) is 9.59 Å². The average molecular weight is 352 g/mol. The third kappa shape index (κ3) is 4.04. The summed E-state index contributed by atoms with van der Waals surface area (Å²) < 4.78 is 5.55. The Labute approximate surface area is 154 Å². The van der Waals surface area contributed by atoms with E-state index in [2.05, 4.69) is 11.0 Å². The van der Waals surface area contributed by atoms with Crippen LogP contribution < -0.4 is 9.64 Å². The molecule has 0 radical (unpaired) electrons. The van der Waals surface area contributed by atoms with Crippen molar-refractivity contribution in [2.24, 2.45) is 0 Å². The third-order valence-corrected chi connectivity index (χ3v) is 4.79. The number of para-hydroxylation sites is 1. The summed E-state index contributed by atoms with van der Waals surface area (Å²) in [7, 11) is 0. The fraction of sp³-hybridized carbons (Fsp3) is 0.333. The molecule has 0 atom stereocenters. The number of piperazine rings is 1. The lowest BCUT2D eigenvalue weighted by atomic mass is 10.0. The Bertz CT molecular complexity index is 781. The largest absolute Gasteiger partial charge is 0.484 e. The maximum atomic E-state index is 12.4. The van der Waals surface area contributed by atoms with Crippen molar-refractivity contribution in [3.8, 4) is 5.75 Å². The van der Waals surface area contributed by atoms with Crippen LogP contribution in [0.3, 0.4) is 0 Å². The molecule has 2 aromatic carbocycles. The van der Waals surface area contributed by atoms with Crippen molar-refractivity contribution in [1.82, 2.24) is 4.90 Å². The van der Waals surface area contributed by atoms with Crippen LogP contribution in [-0.2, 0) is 4.79 Å². The van der Waals surface area contributed by atoms with E-state index in [-0.39, 0.29) is 12.5 Å². The van der Waals surface area contributed by atoms with Crippen LogP contribution in [-0.4, -0.2) is 49.9 Å². The highest BCUT2D eigenvalue weighted by atomic mass is 16.5. The highest BCUT2D eigenvalue weighted by molar-refractivity contribution is 5.80. The number of aryl methyl sites for hydroxylation is 2. The van der Waals surface area contributed by atoms with E-state index < -0.39 is 0 Å². The van der Waals surface area contributed by atoms with Crippen LogP contribution in [0.15, 0.2) is 42.5 Å². The number of benzene rings is 2. The minimum Gasteiger partial charge on any atom is -0.484 e. The first-order valence-corrected chi connectivity index (χ1v) is 8.85. The lowest BCUT2D eigenvalue weighted by Gasteiger charge is -2.37. The highest BCUT2D eigenvalue weighted by Gasteiger charge is 2.22. The van der Waals surface area contributed by atoms with Gasteiger partial charge in [0.2, 0.25) is 0 Å². The quantitative estimate of drug-likeness (QED) is 0.777. The molecule has 3 rings (SSSR count). The van der Waals surface area contributed by atoms with E-state index in [1.807, 2.05) is 55.1 Å². The first-order chi connectivity index (χ1) is 12.6. The number of anilines is 1. The van der Waals surface area contributed by atoms with Crippen LogP contribution in [0.5, 0.6) is 5.75 Å². The van der Waals surface area contributed by atoms with Crippen molar-refractivity contribution in [1.29, 1.82) is 0 Å². The van der Waals surface area contributed by atoms with Crippen molar-refractivity contribution in [2.75, 3.05) is 37.7 Å². The van der Waals surface area contributed by atoms with Gasteiger partial charge in [0.1, 0.15) is 12.0 Å². The van der Waals surface area contributed by atoms with E-state index >= 15 is 0 Å². The molecule has 1 fully saturated rings. The Kier molecular flexibility index (Phi) is 5.56. The Morgan fingerprint density at radius 3 is 2.38 bits per heavy atom. The molecule has 5 nitrogen and oxygen atoms in total. The normalized spacial score (nSPS) is 14.2. The lowest BCUT2D eigenvalue weighted by Crippen LogP contribution is -2.50. The second-order valence-electron chi connectivity index (χ2n) is 6.58. The summed E-state index contributed by atoms with van der Waals surface area (Å²) in [6.45, 7) is 6.93. The summed E-state index contributed by atoms with van der Waals surface area (Å²) in [5, 5.41) is 0. The van der Waals surface area contributed by atoms with Gasteiger partial charge in [-0.2, -0.15) is 0 Å². The van der Waals surface area contributed by atoms with Gasteiger partial charge in [-0.25, -0.2) is 0 Å². The minimum atomic E-state index is 0.0118. The molecule has 0 unspecified atom stereocenters. The Balaban J connectivity index is 1.56. The van der Waals surface area contributed by atoms with Gasteiger partial charge in [-0.05, 0) is 49.2 Å². The molecule has 0 N–H and O–H groups in total. The number of carbonyl (C=O) groups excluding carboxylic acids is 2. The third-order valence-electron chi connectivity index (χ3n) is 4.79. The van der Waals surface area contributed by atoms with E-state index in [1.165, 1.54) is 0 Å². The summed E-state index contributed by atoms with van der Waals surface area (Å²) in [5.74, 6) is 0.721. The van der Waals surface area contributed by atoms with Crippen molar-refractivity contribution in [3.63, 3.8) is 0 Å². The molecule has 0 bridgehead atoms. The molecule has 0 aromatic heterocycles. The summed E-state index contributed by atoms with van der Waals surface area (Å²) >= 11 is 0. The van der Waals surface area contributed by atoms with E-state index in [9.17, 15) is 9.59 Å². The lowest BCUT2D eigenvalue weighted by molar-refractivity contribution is -0.133. The minimum absolute atomic E-state index is 0.0118. The Hall–Kier alpha value is -2.82. The molecule has 0 spiro atoms. The van der Waals surface area contributed by atoms with Crippen LogP contribution in [0.4, 0.5) is 5.69 Å². The molecular weight excluding hydrogens is 328 g/mol. The second-order valence-corrected chi connectivity index (χ2v) is 6.58. The van der Waals surface area contributed by atoms with E-state index in [0.29, 0.717) is 18.8 Å². The molecular formula is C21H24N2O3. The molecule has 1 amide bonds. The maximum Gasteiger partial charge on any atom is 0.260 e. The van der Waals surface area contributed by atoms with Crippen LogP contribution in [0.25, 0.3) is 0 Å². The number of ether oxygens (including phenoxy) is 1. The highest BCUT2D eigenvalue weighted by Crippen LogP contribution is 2.25. The van der Waals surface area contributed by atoms with Crippen molar-refractivity contribution < 1.29 is 14.3 Å². The van der Waals surface area contributed by atoms with E-state index in [0.717, 1.165) is 41.8 Å². The van der Waals surface area contributed by atoms with Gasteiger partial charge in [-0.1, -0.05) is 18.2 Å². The van der Waals surface area contributed by atoms with Gasteiger partial charge in [0.25, 0.3) is 5.91 Å². The number of nitrogens with zero attached hydrogens (tertiary/aromatic N) is 2. The van der Waals surface area contributed by atoms with Gasteiger partial charge in [-0.15, -0.1) is 0 Å². The molecule has 1 aliphatic heterocycles. The summed E-state index contributed by atoms with van der Waals surface area (Å²) in [6, 6.07) is 13.4. The number of rotatable bonds is 5. The van der Waals surface area contributed by atoms with Crippen LogP contribution in [0, 0.1) is 13.8 Å². The van der Waals surface area contributed by atoms with Crippen LogP contribution in [0.2, 0.25) is 0 Å². The predicted molar refractivity (Wildman–Crippen MR) is 102 cm³/mol. The van der Waals surface area contributed by atoms with Gasteiger partial charge in [0, 0.05) is 37.4 Å². The summed E-state index contributed by atoms with van der Waals surface area (Å²) in [5.41, 5.74) is 3.94. The summed E-state index contributed by atoms with van der Waals surface area (Å²) in [4.78, 5) is 27.6. The first-order valence-electron chi connectivity index (χ1n) is 8.85. The zero-order chi connectivity index (χ0) is 18.5. The molecule has 1 heterocycles. The number of aldehydes is 1. The standard InChI is InChI=1S/C21H24N2O3/c1-16-13-20(17(2)12-18(16)14-24)22-8-10-23(11-9-22)21(25)15-26-19-6-4-3-5-7-19/h3-7,12-14H,8-11,15H2,1-2H3. The van der Waals surface area contributed by atoms with Crippen molar-refractivity contribution in [2.45, 2.75) is 13.8 Å². The molecule has 26 heavy (non-hydrogen) atoms. The summed E-state index contributed by atoms with van der Waals surface area (Å²) in [6.07, 6.45) is 0.898. The van der Waals surface area contributed by atoms with Gasteiger partial charge < -0.3 is 14.5 Å². The van der Waals surface area contributed by atoms with E-state index in [1.54, 1.807) is 0 Å². The first kappa shape index (κ1) is 18.0. The Morgan fingerprint density at radius 2 is 1.73 bits per heavy atom. The molecule has 1 aliphatic rings. The smallest absolute Gasteiger partial charge is 0.260 e. The molecule has 5 heteroatoms. The van der Waals surface area contributed by atoms with Gasteiger partial charge >= 0.3 is 0 Å². The zero-order valence-electron chi connectivity index (χ0n) is 15.3. The fourth-order valence-corrected chi connectivity index (χ4v) is 3.24. The second kappa shape index (κ2) is 8.04. The molecule has 1 saturated heterocycles. The number of amides is 1. The monoisotopic (exact) mass is 352 g/mol. The van der Waals surface area contributed by atoms with Crippen molar-refractivity contribution >= 4 is 17.9 Å². The molecule has 0 saturated carbocycles. The number of carbonyl (C=O) groups is 2. The van der Waals surface area contributed by atoms with Crippen molar-refractivity contribution in [3.05, 3.63) is 59.2 Å². The average Bonchev–Trinajstić information content (AvgIpc) is 2.68. The molecule has 2 aromatic rings. The SMILES string of the molecule is Cc1cc(N2CCN(C(=O)COc3ccccc3)CC2)c(C)cc1C=O. The van der Waals surface area contributed by atoms with Gasteiger partial charge in [0.05, 0.1) is 0 Å². The Morgan fingerprint density at radius 1 is 1.04 bits per heavy atom. The predicted octanol–water partition coefficient (Wildman–Crippen LogP) is 2.84. The van der Waals surface area contributed by atoms with Gasteiger partial charge in [0.15, 0.2) is 6.61 Å². The molecule has 0 aliphatic carbocycles. The van der Waals surface area contributed by atoms with E-state index in [4.69, 9.17) is 4.74 Å². The molecule has 136 valence electrons. The van der Waals surface area contributed by atoms with Crippen LogP contribution >= 0.6 is 0 Å². The topological polar surface area (TPSA) is 49.9 Å². The fourth-order valence-electron chi connectivity index (χ4n) is 3.24. The number of hydrogen-bond donors (Lipinski definition) is 0. The van der Waals surface area contributed by atoms with Crippen LogP contribution in [0.1, 0.15) is 21.5 Å². The zero-order valence-corrected chi connectivity index (χ0v) is 15.3. The maximum absolute atomic E-state index is 12.4. The number of hydrogen-bond acceptors (Lipinski definition) is 4.